The normalized spacial score (nSPS) is 18.6. The van der Waals surface area contributed by atoms with Gasteiger partial charge in [-0.3, -0.25) is 4.79 Å². The maximum atomic E-state index is 11.5. The molecule has 1 aromatic rings. The van der Waals surface area contributed by atoms with E-state index in [1.165, 1.54) is 0 Å². The zero-order valence-electron chi connectivity index (χ0n) is 7.79. The molecule has 0 unspecified atom stereocenters. The smallest absolute Gasteiger partial charge is 0.250 e. The summed E-state index contributed by atoms with van der Waals surface area (Å²) < 4.78 is 1.76. The van der Waals surface area contributed by atoms with Gasteiger partial charge in [0.15, 0.2) is 0 Å². The Bertz CT molecular complexity index is 377. The third-order valence-electron chi connectivity index (χ3n) is 2.66. The van der Waals surface area contributed by atoms with Gasteiger partial charge < -0.3 is 10.3 Å². The van der Waals surface area contributed by atoms with Crippen molar-refractivity contribution in [3.05, 3.63) is 34.2 Å². The minimum Gasteiger partial charge on any atom is -0.320 e. The highest BCUT2D eigenvalue weighted by molar-refractivity contribution is 5.23. The largest absolute Gasteiger partial charge is 0.320 e. The van der Waals surface area contributed by atoms with Crippen LogP contribution in [0.3, 0.4) is 0 Å². The molecule has 1 aliphatic rings. The molecule has 3 heteroatoms. The summed E-state index contributed by atoms with van der Waals surface area (Å²) in [6.45, 7) is 2.67. The number of hydrogen-bond acceptors (Lipinski definition) is 2. The van der Waals surface area contributed by atoms with E-state index in [-0.39, 0.29) is 11.1 Å². The quantitative estimate of drug-likeness (QED) is 0.728. The van der Waals surface area contributed by atoms with Crippen LogP contribution in [0.4, 0.5) is 0 Å². The van der Waals surface area contributed by atoms with Crippen molar-refractivity contribution in [2.45, 2.75) is 31.8 Å². The summed E-state index contributed by atoms with van der Waals surface area (Å²) in [5, 5.41) is 0. The molecule has 70 valence electrons. The van der Waals surface area contributed by atoms with E-state index in [4.69, 9.17) is 5.73 Å². The van der Waals surface area contributed by atoms with E-state index in [9.17, 15) is 4.79 Å². The van der Waals surface area contributed by atoms with Crippen LogP contribution in [0.25, 0.3) is 0 Å². The van der Waals surface area contributed by atoms with Gasteiger partial charge in [0.25, 0.3) is 5.56 Å². The third-order valence-corrected chi connectivity index (χ3v) is 2.66. The van der Waals surface area contributed by atoms with Gasteiger partial charge in [0.1, 0.15) is 0 Å². The Morgan fingerprint density at radius 1 is 1.54 bits per heavy atom. The molecule has 2 N–H and O–H groups in total. The van der Waals surface area contributed by atoms with Crippen LogP contribution in [-0.2, 0) is 12.1 Å². The van der Waals surface area contributed by atoms with Gasteiger partial charge in [-0.15, -0.1) is 0 Å². The molecule has 1 aromatic heterocycles. The molecule has 1 fully saturated rings. The number of nitrogens with zero attached hydrogens (tertiary/aromatic N) is 1. The van der Waals surface area contributed by atoms with Gasteiger partial charge in [-0.25, -0.2) is 0 Å². The Morgan fingerprint density at radius 2 is 2.23 bits per heavy atom. The Labute approximate surface area is 77.2 Å². The minimum atomic E-state index is -0.212. The molecule has 0 aromatic carbocycles. The molecule has 0 radical (unpaired) electrons. The van der Waals surface area contributed by atoms with E-state index in [0.717, 1.165) is 18.5 Å². The number of aromatic nitrogens is 1. The van der Waals surface area contributed by atoms with Crippen LogP contribution in [0, 0.1) is 0 Å². The maximum absolute atomic E-state index is 11.5. The van der Waals surface area contributed by atoms with Gasteiger partial charge in [0, 0.05) is 18.3 Å². The number of nitrogens with two attached hydrogens (primary N) is 1. The molecule has 0 spiro atoms. The van der Waals surface area contributed by atoms with Crippen LogP contribution in [0.5, 0.6) is 0 Å². The van der Waals surface area contributed by atoms with Crippen LogP contribution < -0.4 is 11.3 Å². The number of hydrogen-bond donors (Lipinski definition) is 1. The van der Waals surface area contributed by atoms with Gasteiger partial charge >= 0.3 is 0 Å². The topological polar surface area (TPSA) is 48.0 Å². The van der Waals surface area contributed by atoms with Crippen LogP contribution in [0.1, 0.15) is 25.5 Å². The minimum absolute atomic E-state index is 0.0525. The highest BCUT2D eigenvalue weighted by Crippen LogP contribution is 2.41. The van der Waals surface area contributed by atoms with Crippen LogP contribution >= 0.6 is 0 Å². The average Bonchev–Trinajstić information content (AvgIpc) is 2.85. The first-order valence-electron chi connectivity index (χ1n) is 4.66. The monoisotopic (exact) mass is 178 g/mol. The summed E-state index contributed by atoms with van der Waals surface area (Å²) in [6, 6.07) is 5.33. The average molecular weight is 178 g/mol. The third kappa shape index (κ3) is 1.29. The molecule has 0 amide bonds. The molecular weight excluding hydrogens is 164 g/mol. The second-order valence-corrected chi connectivity index (χ2v) is 3.65. The van der Waals surface area contributed by atoms with E-state index in [2.05, 4.69) is 0 Å². The van der Waals surface area contributed by atoms with Gasteiger partial charge in [-0.05, 0) is 25.8 Å². The number of pyridine rings is 1. The molecule has 0 saturated heterocycles. The fraction of sp³-hybridized carbons (Fsp3) is 0.500. The SMILES string of the molecule is CCn1c(C2(N)CC2)cccc1=O. The van der Waals surface area contributed by atoms with E-state index in [1.807, 2.05) is 13.0 Å². The van der Waals surface area contributed by atoms with E-state index < -0.39 is 0 Å². The van der Waals surface area contributed by atoms with E-state index in [1.54, 1.807) is 16.7 Å². The van der Waals surface area contributed by atoms with Crippen molar-refractivity contribution in [3.8, 4) is 0 Å². The highest BCUT2D eigenvalue weighted by atomic mass is 16.1. The zero-order valence-corrected chi connectivity index (χ0v) is 7.79. The van der Waals surface area contributed by atoms with Crippen molar-refractivity contribution in [3.63, 3.8) is 0 Å². The summed E-state index contributed by atoms with van der Waals surface area (Å²) in [5.74, 6) is 0. The molecule has 1 saturated carbocycles. The van der Waals surface area contributed by atoms with Gasteiger partial charge in [-0.2, -0.15) is 0 Å². The number of rotatable bonds is 2. The van der Waals surface area contributed by atoms with Crippen LogP contribution in [0.2, 0.25) is 0 Å². The lowest BCUT2D eigenvalue weighted by molar-refractivity contribution is 0.593. The zero-order chi connectivity index (χ0) is 9.47. The first kappa shape index (κ1) is 8.51. The summed E-state index contributed by atoms with van der Waals surface area (Å²) in [6.07, 6.45) is 1.99. The van der Waals surface area contributed by atoms with Crippen molar-refractivity contribution in [2.24, 2.45) is 5.73 Å². The maximum Gasteiger partial charge on any atom is 0.250 e. The van der Waals surface area contributed by atoms with Crippen molar-refractivity contribution >= 4 is 0 Å². The summed E-state index contributed by atoms with van der Waals surface area (Å²) in [7, 11) is 0. The Kier molecular flexibility index (Phi) is 1.77. The van der Waals surface area contributed by atoms with Gasteiger partial charge in [0.2, 0.25) is 0 Å². The van der Waals surface area contributed by atoms with Crippen molar-refractivity contribution < 1.29 is 0 Å². The van der Waals surface area contributed by atoms with E-state index in [0.29, 0.717) is 6.54 Å². The van der Waals surface area contributed by atoms with Crippen LogP contribution in [0.15, 0.2) is 23.0 Å². The van der Waals surface area contributed by atoms with Crippen molar-refractivity contribution in [2.75, 3.05) is 0 Å². The van der Waals surface area contributed by atoms with Crippen LogP contribution in [-0.4, -0.2) is 4.57 Å². The molecule has 3 nitrogen and oxygen atoms in total. The Balaban J connectivity index is 2.56. The second-order valence-electron chi connectivity index (χ2n) is 3.65. The lowest BCUT2D eigenvalue weighted by Gasteiger charge is -2.15. The summed E-state index contributed by atoms with van der Waals surface area (Å²) in [5.41, 5.74) is 6.88. The fourth-order valence-electron chi connectivity index (χ4n) is 1.67. The van der Waals surface area contributed by atoms with E-state index >= 15 is 0 Å². The lowest BCUT2D eigenvalue weighted by atomic mass is 10.1. The predicted octanol–water partition coefficient (Wildman–Crippen LogP) is 0.816. The lowest BCUT2D eigenvalue weighted by Crippen LogP contribution is -2.30. The molecule has 0 atom stereocenters. The molecule has 1 aliphatic carbocycles. The summed E-state index contributed by atoms with van der Waals surface area (Å²) >= 11 is 0. The Hall–Kier alpha value is -1.09. The highest BCUT2D eigenvalue weighted by Gasteiger charge is 2.41. The first-order valence-corrected chi connectivity index (χ1v) is 4.66. The Morgan fingerprint density at radius 3 is 2.77 bits per heavy atom. The first-order chi connectivity index (χ1) is 6.17. The van der Waals surface area contributed by atoms with Crippen molar-refractivity contribution in [1.29, 1.82) is 0 Å². The summed E-state index contributed by atoms with van der Waals surface area (Å²) in [4.78, 5) is 11.5. The molecular formula is C10H14N2O. The predicted molar refractivity (Wildman–Crippen MR) is 51.5 cm³/mol. The standard InChI is InChI=1S/C10H14N2O/c1-2-12-8(10(11)6-7-10)4-3-5-9(12)13/h3-5H,2,6-7,11H2,1H3. The van der Waals surface area contributed by atoms with Gasteiger partial charge in [-0.1, -0.05) is 6.07 Å². The van der Waals surface area contributed by atoms with Crippen molar-refractivity contribution in [1.82, 2.24) is 4.57 Å². The fourth-order valence-corrected chi connectivity index (χ4v) is 1.67. The second kappa shape index (κ2) is 2.70. The molecule has 0 bridgehead atoms. The molecule has 0 aliphatic heterocycles. The van der Waals surface area contributed by atoms with Gasteiger partial charge in [0.05, 0.1) is 5.54 Å². The molecule has 2 rings (SSSR count). The molecule has 1 heterocycles. The molecule has 13 heavy (non-hydrogen) atoms.